The molecule has 0 amide bonds. The van der Waals surface area contributed by atoms with Crippen molar-refractivity contribution >= 4 is 11.6 Å². The average molecular weight is 225 g/mol. The van der Waals surface area contributed by atoms with Gasteiger partial charge in [0.15, 0.2) is 0 Å². The number of hydrogen-bond acceptors (Lipinski definition) is 2. The molecule has 82 valence electrons. The molecule has 1 aromatic carbocycles. The highest BCUT2D eigenvalue weighted by Gasteiger charge is 2.11. The van der Waals surface area contributed by atoms with E-state index in [9.17, 15) is 0 Å². The van der Waals surface area contributed by atoms with Gasteiger partial charge in [-0.3, -0.25) is 0 Å². The summed E-state index contributed by atoms with van der Waals surface area (Å²) in [5, 5.41) is 7.74. The quantitative estimate of drug-likeness (QED) is 0.819. The Kier molecular flexibility index (Phi) is 4.01. The molecular formula is C12H17ClN2. The summed E-state index contributed by atoms with van der Waals surface area (Å²) in [7, 11) is 0. The van der Waals surface area contributed by atoms with Gasteiger partial charge >= 0.3 is 0 Å². The molecule has 2 nitrogen and oxygen atoms in total. The fraction of sp³-hybridized carbons (Fsp3) is 0.500. The fourth-order valence-electron chi connectivity index (χ4n) is 1.95. The van der Waals surface area contributed by atoms with Crippen LogP contribution in [0.5, 0.6) is 0 Å². The van der Waals surface area contributed by atoms with Crippen LogP contribution in [0.1, 0.15) is 12.0 Å². The van der Waals surface area contributed by atoms with Crippen LogP contribution >= 0.6 is 11.6 Å². The second-order valence-corrected chi connectivity index (χ2v) is 4.46. The summed E-state index contributed by atoms with van der Waals surface area (Å²) in [4.78, 5) is 0. The van der Waals surface area contributed by atoms with E-state index in [1.807, 2.05) is 12.1 Å². The lowest BCUT2D eigenvalue weighted by Gasteiger charge is -2.24. The van der Waals surface area contributed by atoms with Gasteiger partial charge in [0.05, 0.1) is 0 Å². The van der Waals surface area contributed by atoms with Gasteiger partial charge in [0.2, 0.25) is 0 Å². The van der Waals surface area contributed by atoms with E-state index in [1.165, 1.54) is 12.0 Å². The minimum absolute atomic E-state index is 0.609. The second kappa shape index (κ2) is 5.50. The SMILES string of the molecule is Clc1cccc(CC[C@H]2CNCCN2)c1. The van der Waals surface area contributed by atoms with Crippen molar-refractivity contribution in [2.75, 3.05) is 19.6 Å². The summed E-state index contributed by atoms with van der Waals surface area (Å²) in [6.45, 7) is 3.26. The van der Waals surface area contributed by atoms with E-state index < -0.39 is 0 Å². The topological polar surface area (TPSA) is 24.1 Å². The predicted molar refractivity (Wildman–Crippen MR) is 64.4 cm³/mol. The molecule has 2 rings (SSSR count). The van der Waals surface area contributed by atoms with E-state index in [0.29, 0.717) is 6.04 Å². The molecule has 3 heteroatoms. The normalized spacial score (nSPS) is 21.5. The second-order valence-electron chi connectivity index (χ2n) is 4.02. The monoisotopic (exact) mass is 224 g/mol. The van der Waals surface area contributed by atoms with Crippen LogP contribution in [-0.2, 0) is 6.42 Å². The Morgan fingerprint density at radius 1 is 1.33 bits per heavy atom. The third-order valence-corrected chi connectivity index (χ3v) is 3.03. The van der Waals surface area contributed by atoms with Gasteiger partial charge in [0.1, 0.15) is 0 Å². The first-order valence-corrected chi connectivity index (χ1v) is 5.91. The van der Waals surface area contributed by atoms with Crippen LogP contribution < -0.4 is 10.6 Å². The Hall–Kier alpha value is -0.570. The number of hydrogen-bond donors (Lipinski definition) is 2. The van der Waals surface area contributed by atoms with Gasteiger partial charge < -0.3 is 10.6 Å². The van der Waals surface area contributed by atoms with Crippen LogP contribution in [0.4, 0.5) is 0 Å². The largest absolute Gasteiger partial charge is 0.314 e. The van der Waals surface area contributed by atoms with Crippen molar-refractivity contribution in [2.45, 2.75) is 18.9 Å². The van der Waals surface area contributed by atoms with Crippen molar-refractivity contribution in [3.63, 3.8) is 0 Å². The molecule has 1 aliphatic heterocycles. The lowest BCUT2D eigenvalue weighted by atomic mass is 10.0. The molecule has 0 aliphatic carbocycles. The van der Waals surface area contributed by atoms with Gasteiger partial charge in [0, 0.05) is 30.7 Å². The van der Waals surface area contributed by atoms with Crippen molar-refractivity contribution < 1.29 is 0 Å². The average Bonchev–Trinajstić information content (AvgIpc) is 2.28. The smallest absolute Gasteiger partial charge is 0.0408 e. The standard InChI is InChI=1S/C12H17ClN2/c13-11-3-1-2-10(8-11)4-5-12-9-14-6-7-15-12/h1-3,8,12,14-15H,4-7,9H2/t12-/m0/s1. The molecule has 0 unspecified atom stereocenters. The third kappa shape index (κ3) is 3.49. The molecular weight excluding hydrogens is 208 g/mol. The lowest BCUT2D eigenvalue weighted by Crippen LogP contribution is -2.48. The maximum atomic E-state index is 5.94. The highest BCUT2D eigenvalue weighted by molar-refractivity contribution is 6.30. The molecule has 1 atom stereocenters. The fourth-order valence-corrected chi connectivity index (χ4v) is 2.16. The maximum absolute atomic E-state index is 5.94. The summed E-state index contributed by atoms with van der Waals surface area (Å²) in [6, 6.07) is 8.74. The minimum atomic E-state index is 0.609. The molecule has 0 bridgehead atoms. The lowest BCUT2D eigenvalue weighted by molar-refractivity contribution is 0.400. The van der Waals surface area contributed by atoms with Crippen LogP contribution in [0.15, 0.2) is 24.3 Å². The summed E-state index contributed by atoms with van der Waals surface area (Å²) >= 11 is 5.94. The van der Waals surface area contributed by atoms with Crippen LogP contribution in [0.25, 0.3) is 0 Å². The molecule has 1 saturated heterocycles. The van der Waals surface area contributed by atoms with E-state index in [1.54, 1.807) is 0 Å². The Labute approximate surface area is 96.0 Å². The minimum Gasteiger partial charge on any atom is -0.314 e. The molecule has 2 N–H and O–H groups in total. The molecule has 0 aromatic heterocycles. The molecule has 1 heterocycles. The molecule has 0 saturated carbocycles. The highest BCUT2D eigenvalue weighted by atomic mass is 35.5. The number of nitrogens with one attached hydrogen (secondary N) is 2. The molecule has 1 aromatic rings. The Balaban J connectivity index is 1.81. The summed E-state index contributed by atoms with van der Waals surface area (Å²) in [5.41, 5.74) is 1.33. The van der Waals surface area contributed by atoms with Gasteiger partial charge in [-0.15, -0.1) is 0 Å². The first-order chi connectivity index (χ1) is 7.34. The number of rotatable bonds is 3. The van der Waals surface area contributed by atoms with Crippen LogP contribution in [-0.4, -0.2) is 25.7 Å². The Morgan fingerprint density at radius 3 is 3.00 bits per heavy atom. The first kappa shape index (κ1) is 10.9. The maximum Gasteiger partial charge on any atom is 0.0408 e. The Morgan fingerprint density at radius 2 is 2.27 bits per heavy atom. The zero-order chi connectivity index (χ0) is 10.5. The van der Waals surface area contributed by atoms with Gasteiger partial charge in [-0.25, -0.2) is 0 Å². The third-order valence-electron chi connectivity index (χ3n) is 2.80. The van der Waals surface area contributed by atoms with Crippen LogP contribution in [0.2, 0.25) is 5.02 Å². The van der Waals surface area contributed by atoms with Crippen molar-refractivity contribution in [1.29, 1.82) is 0 Å². The van der Waals surface area contributed by atoms with Gasteiger partial charge in [-0.05, 0) is 30.5 Å². The van der Waals surface area contributed by atoms with E-state index in [0.717, 1.165) is 31.1 Å². The van der Waals surface area contributed by atoms with E-state index in [2.05, 4.69) is 22.8 Å². The predicted octanol–water partition coefficient (Wildman–Crippen LogP) is 1.83. The number of benzene rings is 1. The summed E-state index contributed by atoms with van der Waals surface area (Å²) in [6.07, 6.45) is 2.27. The molecule has 0 radical (unpaired) electrons. The number of piperazine rings is 1. The van der Waals surface area contributed by atoms with Crippen molar-refractivity contribution in [3.05, 3.63) is 34.9 Å². The zero-order valence-corrected chi connectivity index (χ0v) is 9.56. The van der Waals surface area contributed by atoms with Gasteiger partial charge in [-0.2, -0.15) is 0 Å². The van der Waals surface area contributed by atoms with Gasteiger partial charge in [-0.1, -0.05) is 23.7 Å². The van der Waals surface area contributed by atoms with Crippen molar-refractivity contribution in [2.24, 2.45) is 0 Å². The first-order valence-electron chi connectivity index (χ1n) is 5.53. The Bertz CT molecular complexity index is 308. The van der Waals surface area contributed by atoms with Crippen molar-refractivity contribution in [1.82, 2.24) is 10.6 Å². The molecule has 1 aliphatic rings. The number of halogens is 1. The molecule has 15 heavy (non-hydrogen) atoms. The van der Waals surface area contributed by atoms with E-state index >= 15 is 0 Å². The molecule has 0 spiro atoms. The van der Waals surface area contributed by atoms with Gasteiger partial charge in [0.25, 0.3) is 0 Å². The van der Waals surface area contributed by atoms with Crippen molar-refractivity contribution in [3.8, 4) is 0 Å². The van der Waals surface area contributed by atoms with E-state index in [4.69, 9.17) is 11.6 Å². The van der Waals surface area contributed by atoms with Crippen LogP contribution in [0, 0.1) is 0 Å². The van der Waals surface area contributed by atoms with Crippen LogP contribution in [0.3, 0.4) is 0 Å². The zero-order valence-electron chi connectivity index (χ0n) is 8.80. The summed E-state index contributed by atoms with van der Waals surface area (Å²) in [5.74, 6) is 0. The van der Waals surface area contributed by atoms with E-state index in [-0.39, 0.29) is 0 Å². The highest BCUT2D eigenvalue weighted by Crippen LogP contribution is 2.13. The molecule has 1 fully saturated rings. The summed E-state index contributed by atoms with van der Waals surface area (Å²) < 4.78 is 0. The number of aryl methyl sites for hydroxylation is 1.